The van der Waals surface area contributed by atoms with Gasteiger partial charge < -0.3 is 10.5 Å². The highest BCUT2D eigenvalue weighted by Crippen LogP contribution is 2.37. The minimum absolute atomic E-state index is 0.170. The molecule has 0 heterocycles. The normalized spacial score (nSPS) is 10.2. The maximum absolute atomic E-state index is 13.3. The molecular formula is C13H12FNOS. The predicted molar refractivity (Wildman–Crippen MR) is 67.9 cm³/mol. The average Bonchev–Trinajstić information content (AvgIpc) is 2.35. The van der Waals surface area contributed by atoms with Crippen LogP contribution in [0, 0.1) is 5.82 Å². The standard InChI is InChI=1S/C13H12FNOS/c1-16-10-6-2-3-7-11(10)17-12-8-4-5-9(14)13(12)15/h2-8H,15H2,1H3. The van der Waals surface area contributed by atoms with Gasteiger partial charge in [-0.25, -0.2) is 4.39 Å². The molecule has 0 saturated heterocycles. The van der Waals surface area contributed by atoms with E-state index < -0.39 is 5.82 Å². The maximum Gasteiger partial charge on any atom is 0.147 e. The smallest absolute Gasteiger partial charge is 0.147 e. The van der Waals surface area contributed by atoms with E-state index in [2.05, 4.69) is 0 Å². The van der Waals surface area contributed by atoms with Crippen molar-refractivity contribution >= 4 is 17.4 Å². The first kappa shape index (κ1) is 11.8. The molecule has 0 aliphatic rings. The van der Waals surface area contributed by atoms with Crippen molar-refractivity contribution in [3.8, 4) is 5.75 Å². The van der Waals surface area contributed by atoms with Gasteiger partial charge in [-0.3, -0.25) is 0 Å². The number of rotatable bonds is 3. The highest BCUT2D eigenvalue weighted by Gasteiger charge is 2.08. The molecule has 0 saturated carbocycles. The van der Waals surface area contributed by atoms with E-state index in [1.807, 2.05) is 24.3 Å². The maximum atomic E-state index is 13.3. The van der Waals surface area contributed by atoms with E-state index in [-0.39, 0.29) is 5.69 Å². The molecular weight excluding hydrogens is 237 g/mol. The summed E-state index contributed by atoms with van der Waals surface area (Å²) >= 11 is 1.39. The van der Waals surface area contributed by atoms with Crippen molar-refractivity contribution in [3.63, 3.8) is 0 Å². The van der Waals surface area contributed by atoms with Gasteiger partial charge in [-0.15, -0.1) is 0 Å². The van der Waals surface area contributed by atoms with Crippen LogP contribution in [0.5, 0.6) is 5.75 Å². The van der Waals surface area contributed by atoms with Gasteiger partial charge in [0.05, 0.1) is 17.7 Å². The summed E-state index contributed by atoms with van der Waals surface area (Å²) in [4.78, 5) is 1.60. The molecule has 0 bridgehead atoms. The zero-order chi connectivity index (χ0) is 12.3. The van der Waals surface area contributed by atoms with Crippen molar-refractivity contribution in [2.75, 3.05) is 12.8 Å². The van der Waals surface area contributed by atoms with E-state index in [0.29, 0.717) is 4.90 Å². The molecule has 0 aromatic heterocycles. The number of benzene rings is 2. The summed E-state index contributed by atoms with van der Waals surface area (Å²) in [7, 11) is 1.61. The minimum Gasteiger partial charge on any atom is -0.496 e. The molecule has 88 valence electrons. The molecule has 4 heteroatoms. The third-order valence-corrected chi connectivity index (χ3v) is 3.43. The molecule has 2 N–H and O–H groups in total. The zero-order valence-electron chi connectivity index (χ0n) is 9.31. The predicted octanol–water partition coefficient (Wildman–Crippen LogP) is 3.57. The highest BCUT2D eigenvalue weighted by molar-refractivity contribution is 7.99. The van der Waals surface area contributed by atoms with Crippen molar-refractivity contribution < 1.29 is 9.13 Å². The van der Waals surface area contributed by atoms with Gasteiger partial charge in [-0.1, -0.05) is 30.0 Å². The molecule has 0 spiro atoms. The Labute approximate surface area is 104 Å². The molecule has 0 radical (unpaired) electrons. The summed E-state index contributed by atoms with van der Waals surface area (Å²) in [6, 6.07) is 12.3. The minimum atomic E-state index is -0.398. The Balaban J connectivity index is 2.35. The molecule has 0 aliphatic heterocycles. The number of hydrogen-bond donors (Lipinski definition) is 1. The Hall–Kier alpha value is -1.68. The van der Waals surface area contributed by atoms with Crippen LogP contribution >= 0.6 is 11.8 Å². The summed E-state index contributed by atoms with van der Waals surface area (Å²) in [6.07, 6.45) is 0. The van der Waals surface area contributed by atoms with Crippen LogP contribution in [0.1, 0.15) is 0 Å². The lowest BCUT2D eigenvalue weighted by molar-refractivity contribution is 0.405. The fourth-order valence-corrected chi connectivity index (χ4v) is 2.42. The second kappa shape index (κ2) is 5.10. The third-order valence-electron chi connectivity index (χ3n) is 2.30. The summed E-state index contributed by atoms with van der Waals surface area (Å²) in [5, 5.41) is 0. The van der Waals surface area contributed by atoms with E-state index in [4.69, 9.17) is 10.5 Å². The monoisotopic (exact) mass is 249 g/mol. The van der Waals surface area contributed by atoms with Crippen molar-refractivity contribution in [1.29, 1.82) is 0 Å². The van der Waals surface area contributed by atoms with E-state index >= 15 is 0 Å². The van der Waals surface area contributed by atoms with E-state index in [9.17, 15) is 4.39 Å². The van der Waals surface area contributed by atoms with Gasteiger partial charge in [0.1, 0.15) is 11.6 Å². The van der Waals surface area contributed by atoms with Gasteiger partial charge in [-0.05, 0) is 24.3 Å². The largest absolute Gasteiger partial charge is 0.496 e. The molecule has 0 unspecified atom stereocenters. The van der Waals surface area contributed by atoms with Crippen molar-refractivity contribution in [1.82, 2.24) is 0 Å². The number of nitrogen functional groups attached to an aromatic ring is 1. The lowest BCUT2D eigenvalue weighted by Crippen LogP contribution is -1.93. The van der Waals surface area contributed by atoms with Gasteiger partial charge in [0.2, 0.25) is 0 Å². The molecule has 2 rings (SSSR count). The van der Waals surface area contributed by atoms with Crippen LogP contribution in [0.15, 0.2) is 52.3 Å². The quantitative estimate of drug-likeness (QED) is 0.845. The van der Waals surface area contributed by atoms with Crippen LogP contribution in [0.4, 0.5) is 10.1 Å². The zero-order valence-corrected chi connectivity index (χ0v) is 10.1. The molecule has 0 fully saturated rings. The molecule has 2 aromatic carbocycles. The Morgan fingerprint density at radius 1 is 1.06 bits per heavy atom. The topological polar surface area (TPSA) is 35.2 Å². The number of methoxy groups -OCH3 is 1. The number of hydrogen-bond acceptors (Lipinski definition) is 3. The van der Waals surface area contributed by atoms with Crippen LogP contribution in [0.2, 0.25) is 0 Å². The van der Waals surface area contributed by atoms with E-state index in [0.717, 1.165) is 10.6 Å². The van der Waals surface area contributed by atoms with Crippen LogP contribution in [0.25, 0.3) is 0 Å². The number of anilines is 1. The Morgan fingerprint density at radius 2 is 1.76 bits per heavy atom. The van der Waals surface area contributed by atoms with Gasteiger partial charge >= 0.3 is 0 Å². The second-order valence-electron chi connectivity index (χ2n) is 3.40. The lowest BCUT2D eigenvalue weighted by atomic mass is 10.3. The first-order valence-electron chi connectivity index (χ1n) is 5.07. The van der Waals surface area contributed by atoms with E-state index in [1.165, 1.54) is 17.8 Å². The SMILES string of the molecule is COc1ccccc1Sc1cccc(F)c1N. The Bertz CT molecular complexity index is 531. The van der Waals surface area contributed by atoms with Gasteiger partial charge in [0.25, 0.3) is 0 Å². The van der Waals surface area contributed by atoms with E-state index in [1.54, 1.807) is 19.2 Å². The van der Waals surface area contributed by atoms with Gasteiger partial charge in [0, 0.05) is 4.90 Å². The van der Waals surface area contributed by atoms with Crippen LogP contribution in [-0.4, -0.2) is 7.11 Å². The fourth-order valence-electron chi connectivity index (χ4n) is 1.43. The highest BCUT2D eigenvalue weighted by atomic mass is 32.2. The number of nitrogens with two attached hydrogens (primary N) is 1. The van der Waals surface area contributed by atoms with Crippen LogP contribution in [0.3, 0.4) is 0 Å². The second-order valence-corrected chi connectivity index (χ2v) is 4.49. The number of para-hydroxylation sites is 2. The first-order valence-corrected chi connectivity index (χ1v) is 5.89. The van der Waals surface area contributed by atoms with Crippen LogP contribution < -0.4 is 10.5 Å². The Morgan fingerprint density at radius 3 is 2.53 bits per heavy atom. The molecule has 0 aliphatic carbocycles. The number of ether oxygens (including phenoxy) is 1. The van der Waals surface area contributed by atoms with Gasteiger partial charge in [0.15, 0.2) is 0 Å². The van der Waals surface area contributed by atoms with Crippen molar-refractivity contribution in [2.45, 2.75) is 9.79 Å². The summed E-state index contributed by atoms with van der Waals surface area (Å²) in [5.41, 5.74) is 5.86. The Kier molecular flexibility index (Phi) is 3.54. The molecule has 0 amide bonds. The van der Waals surface area contributed by atoms with Crippen LogP contribution in [-0.2, 0) is 0 Å². The first-order chi connectivity index (χ1) is 8.22. The number of halogens is 1. The molecule has 2 aromatic rings. The molecule has 0 atom stereocenters. The summed E-state index contributed by atoms with van der Waals surface area (Å²) in [6.45, 7) is 0. The van der Waals surface area contributed by atoms with Crippen molar-refractivity contribution in [3.05, 3.63) is 48.3 Å². The average molecular weight is 249 g/mol. The lowest BCUT2D eigenvalue weighted by Gasteiger charge is -2.09. The molecule has 2 nitrogen and oxygen atoms in total. The summed E-state index contributed by atoms with van der Waals surface area (Å²) < 4.78 is 18.5. The fraction of sp³-hybridized carbons (Fsp3) is 0.0769. The van der Waals surface area contributed by atoms with Gasteiger partial charge in [-0.2, -0.15) is 0 Å². The molecule has 17 heavy (non-hydrogen) atoms. The van der Waals surface area contributed by atoms with Crippen molar-refractivity contribution in [2.24, 2.45) is 0 Å². The third kappa shape index (κ3) is 2.53. The summed E-state index contributed by atoms with van der Waals surface area (Å²) in [5.74, 6) is 0.353.